The standard InChI is InChI=1S/C14H17ClN2/c1-9-6-5-7-10(2)14(9)11(3)8-13(15)17-12(4)16/h5-8H,4,16H2,1-3H3/b11-8+,17-13+. The van der Waals surface area contributed by atoms with Crippen LogP contribution in [0.1, 0.15) is 23.6 Å². The van der Waals surface area contributed by atoms with E-state index < -0.39 is 0 Å². The minimum Gasteiger partial charge on any atom is -0.384 e. The summed E-state index contributed by atoms with van der Waals surface area (Å²) in [7, 11) is 0. The normalized spacial score (nSPS) is 12.7. The van der Waals surface area contributed by atoms with Crippen molar-refractivity contribution in [1.82, 2.24) is 0 Å². The predicted octanol–water partition coefficient (Wildman–Crippen LogP) is 3.77. The number of allylic oxidation sites excluding steroid dienone is 2. The van der Waals surface area contributed by atoms with Crippen LogP contribution < -0.4 is 5.73 Å². The van der Waals surface area contributed by atoms with Crippen LogP contribution in [0.3, 0.4) is 0 Å². The van der Waals surface area contributed by atoms with E-state index in [1.807, 2.05) is 13.0 Å². The van der Waals surface area contributed by atoms with Crippen molar-refractivity contribution >= 4 is 22.3 Å². The molecule has 90 valence electrons. The van der Waals surface area contributed by atoms with Gasteiger partial charge in [0.15, 0.2) is 0 Å². The van der Waals surface area contributed by atoms with Gasteiger partial charge in [-0.1, -0.05) is 36.4 Å². The van der Waals surface area contributed by atoms with Crippen molar-refractivity contribution in [2.45, 2.75) is 20.8 Å². The molecule has 2 N–H and O–H groups in total. The Bertz CT molecular complexity index is 479. The highest BCUT2D eigenvalue weighted by Crippen LogP contribution is 2.22. The van der Waals surface area contributed by atoms with Gasteiger partial charge in [-0.15, -0.1) is 0 Å². The van der Waals surface area contributed by atoms with Gasteiger partial charge in [-0.2, -0.15) is 0 Å². The highest BCUT2D eigenvalue weighted by molar-refractivity contribution is 6.69. The van der Waals surface area contributed by atoms with Crippen LogP contribution in [-0.2, 0) is 0 Å². The third kappa shape index (κ3) is 3.75. The zero-order chi connectivity index (χ0) is 13.0. The SMILES string of the molecule is C=C(N)/N=C(Cl)\C=C(/C)c1c(C)cccc1C. The maximum atomic E-state index is 5.96. The van der Waals surface area contributed by atoms with Crippen LogP contribution in [0.15, 0.2) is 41.7 Å². The molecule has 0 aliphatic rings. The van der Waals surface area contributed by atoms with Gasteiger partial charge in [-0.25, -0.2) is 4.99 Å². The van der Waals surface area contributed by atoms with Gasteiger partial charge in [0.25, 0.3) is 0 Å². The minimum absolute atomic E-state index is 0.209. The molecule has 0 saturated carbocycles. The second-order valence-corrected chi connectivity index (χ2v) is 4.41. The predicted molar refractivity (Wildman–Crippen MR) is 76.2 cm³/mol. The topological polar surface area (TPSA) is 38.4 Å². The first-order valence-electron chi connectivity index (χ1n) is 5.35. The average molecular weight is 249 g/mol. The summed E-state index contributed by atoms with van der Waals surface area (Å²) in [6.45, 7) is 9.65. The van der Waals surface area contributed by atoms with E-state index in [-0.39, 0.29) is 5.82 Å². The summed E-state index contributed by atoms with van der Waals surface area (Å²) < 4.78 is 0. The Labute approximate surface area is 108 Å². The number of hydrogen-bond donors (Lipinski definition) is 1. The van der Waals surface area contributed by atoms with E-state index in [1.54, 1.807) is 6.08 Å². The summed E-state index contributed by atoms with van der Waals surface area (Å²) in [5.74, 6) is 0.209. The smallest absolute Gasteiger partial charge is 0.131 e. The molecule has 0 aliphatic carbocycles. The van der Waals surface area contributed by atoms with Crippen LogP contribution in [0, 0.1) is 13.8 Å². The Kier molecular flexibility index (Phi) is 4.53. The van der Waals surface area contributed by atoms with Crippen molar-refractivity contribution in [3.63, 3.8) is 0 Å². The lowest BCUT2D eigenvalue weighted by atomic mass is 9.97. The van der Waals surface area contributed by atoms with E-state index in [9.17, 15) is 0 Å². The Morgan fingerprint density at radius 3 is 2.35 bits per heavy atom. The summed E-state index contributed by atoms with van der Waals surface area (Å²) in [4.78, 5) is 3.89. The molecule has 0 aliphatic heterocycles. The van der Waals surface area contributed by atoms with Gasteiger partial charge in [0.1, 0.15) is 11.0 Å². The van der Waals surface area contributed by atoms with Crippen molar-refractivity contribution in [1.29, 1.82) is 0 Å². The van der Waals surface area contributed by atoms with E-state index in [0.717, 1.165) is 5.57 Å². The molecule has 1 aromatic rings. The Hall–Kier alpha value is -1.54. The third-order valence-electron chi connectivity index (χ3n) is 2.46. The summed E-state index contributed by atoms with van der Waals surface area (Å²) in [5.41, 5.74) is 10.1. The highest BCUT2D eigenvalue weighted by atomic mass is 35.5. The Morgan fingerprint density at radius 2 is 1.88 bits per heavy atom. The number of hydrogen-bond acceptors (Lipinski definition) is 2. The summed E-state index contributed by atoms with van der Waals surface area (Å²) >= 11 is 5.96. The second kappa shape index (κ2) is 5.69. The van der Waals surface area contributed by atoms with Crippen molar-refractivity contribution in [2.24, 2.45) is 10.7 Å². The average Bonchev–Trinajstić information content (AvgIpc) is 2.15. The number of aryl methyl sites for hydroxylation is 2. The van der Waals surface area contributed by atoms with Gasteiger partial charge in [0.2, 0.25) is 0 Å². The Balaban J connectivity index is 3.17. The van der Waals surface area contributed by atoms with Crippen molar-refractivity contribution in [3.05, 3.63) is 53.4 Å². The van der Waals surface area contributed by atoms with Gasteiger partial charge in [-0.05, 0) is 49.1 Å². The molecule has 0 spiro atoms. The lowest BCUT2D eigenvalue weighted by molar-refractivity contribution is 1.27. The molecule has 0 heterocycles. The highest BCUT2D eigenvalue weighted by Gasteiger charge is 2.04. The number of nitrogens with zero attached hydrogens (tertiary/aromatic N) is 1. The largest absolute Gasteiger partial charge is 0.384 e. The molecule has 0 saturated heterocycles. The number of halogens is 1. The molecule has 0 bridgehead atoms. The van der Waals surface area contributed by atoms with Crippen LogP contribution in [0.5, 0.6) is 0 Å². The van der Waals surface area contributed by atoms with Crippen molar-refractivity contribution in [2.75, 3.05) is 0 Å². The summed E-state index contributed by atoms with van der Waals surface area (Å²) in [6, 6.07) is 6.19. The summed E-state index contributed by atoms with van der Waals surface area (Å²) in [5, 5.41) is 0.345. The Morgan fingerprint density at radius 1 is 1.35 bits per heavy atom. The molecule has 0 unspecified atom stereocenters. The van der Waals surface area contributed by atoms with Crippen LogP contribution in [-0.4, -0.2) is 5.17 Å². The fourth-order valence-corrected chi connectivity index (χ4v) is 2.13. The van der Waals surface area contributed by atoms with Crippen LogP contribution in [0.25, 0.3) is 5.57 Å². The lowest BCUT2D eigenvalue weighted by Gasteiger charge is -2.09. The third-order valence-corrected chi connectivity index (χ3v) is 2.66. The molecule has 0 radical (unpaired) electrons. The molecule has 0 atom stereocenters. The molecular weight excluding hydrogens is 232 g/mol. The minimum atomic E-state index is 0.209. The van der Waals surface area contributed by atoms with Crippen LogP contribution >= 0.6 is 11.6 Å². The first kappa shape index (κ1) is 13.5. The molecule has 0 aromatic heterocycles. The van der Waals surface area contributed by atoms with E-state index in [1.165, 1.54) is 16.7 Å². The fraction of sp³-hybridized carbons (Fsp3) is 0.214. The first-order valence-corrected chi connectivity index (χ1v) is 5.73. The van der Waals surface area contributed by atoms with Gasteiger partial charge in [0.05, 0.1) is 0 Å². The maximum absolute atomic E-state index is 5.96. The zero-order valence-electron chi connectivity index (χ0n) is 10.4. The van der Waals surface area contributed by atoms with Crippen molar-refractivity contribution < 1.29 is 0 Å². The van der Waals surface area contributed by atoms with Gasteiger partial charge >= 0.3 is 0 Å². The second-order valence-electron chi connectivity index (χ2n) is 4.02. The number of benzene rings is 1. The molecule has 1 rings (SSSR count). The number of nitrogens with two attached hydrogens (primary N) is 1. The lowest BCUT2D eigenvalue weighted by Crippen LogP contribution is -1.95. The van der Waals surface area contributed by atoms with Crippen molar-refractivity contribution in [3.8, 4) is 0 Å². The molecular formula is C14H17ClN2. The zero-order valence-corrected chi connectivity index (χ0v) is 11.2. The quantitative estimate of drug-likeness (QED) is 0.813. The molecule has 0 amide bonds. The molecule has 0 fully saturated rings. The van der Waals surface area contributed by atoms with Gasteiger partial charge in [0, 0.05) is 0 Å². The molecule has 2 nitrogen and oxygen atoms in total. The van der Waals surface area contributed by atoms with E-state index >= 15 is 0 Å². The summed E-state index contributed by atoms with van der Waals surface area (Å²) in [6.07, 6.45) is 1.80. The number of aliphatic imine (C=N–C) groups is 1. The van der Waals surface area contributed by atoms with Gasteiger partial charge < -0.3 is 5.73 Å². The van der Waals surface area contributed by atoms with Gasteiger partial charge in [-0.3, -0.25) is 0 Å². The maximum Gasteiger partial charge on any atom is 0.131 e. The monoisotopic (exact) mass is 248 g/mol. The molecule has 1 aromatic carbocycles. The van der Waals surface area contributed by atoms with Crippen LogP contribution in [0.4, 0.5) is 0 Å². The van der Waals surface area contributed by atoms with E-state index in [4.69, 9.17) is 17.3 Å². The molecule has 17 heavy (non-hydrogen) atoms. The number of rotatable bonds is 3. The van der Waals surface area contributed by atoms with E-state index in [0.29, 0.717) is 5.17 Å². The van der Waals surface area contributed by atoms with E-state index in [2.05, 4.69) is 37.6 Å². The molecule has 3 heteroatoms. The first-order chi connectivity index (χ1) is 7.91. The van der Waals surface area contributed by atoms with Crippen LogP contribution in [0.2, 0.25) is 0 Å². The fourth-order valence-electron chi connectivity index (χ4n) is 1.86.